The van der Waals surface area contributed by atoms with E-state index < -0.39 is 5.60 Å². The lowest BCUT2D eigenvalue weighted by atomic mass is 9.93. The number of aliphatic hydroxyl groups is 1. The number of hydrogen-bond acceptors (Lipinski definition) is 6. The third kappa shape index (κ3) is 5.48. The molecule has 0 bridgehead atoms. The Hall–Kier alpha value is -2.06. The third-order valence-corrected chi connectivity index (χ3v) is 5.71. The third-order valence-electron chi connectivity index (χ3n) is 5.71. The van der Waals surface area contributed by atoms with Gasteiger partial charge in [-0.1, -0.05) is 0 Å². The van der Waals surface area contributed by atoms with Gasteiger partial charge in [0.2, 0.25) is 5.91 Å². The molecule has 2 aliphatic rings. The molecule has 3 rings (SSSR count). The van der Waals surface area contributed by atoms with E-state index in [0.29, 0.717) is 44.0 Å². The maximum atomic E-state index is 12.7. The summed E-state index contributed by atoms with van der Waals surface area (Å²) >= 11 is 0. The van der Waals surface area contributed by atoms with E-state index in [1.54, 1.807) is 31.0 Å². The minimum Gasteiger partial charge on any atom is -0.388 e. The summed E-state index contributed by atoms with van der Waals surface area (Å²) < 4.78 is 0. The first-order chi connectivity index (χ1) is 13.3. The molecule has 28 heavy (non-hydrogen) atoms. The van der Waals surface area contributed by atoms with Crippen molar-refractivity contribution < 1.29 is 14.7 Å². The Balaban J connectivity index is 1.52. The SMILES string of the molecule is CC(=O)NC1CCN(CC2(O)CCCN(C(=O)c3ccnc(C)n3)CC2)CC1. The van der Waals surface area contributed by atoms with Crippen LogP contribution in [-0.4, -0.2) is 81.1 Å². The quantitative estimate of drug-likeness (QED) is 0.788. The van der Waals surface area contributed by atoms with Crippen LogP contribution in [0.25, 0.3) is 0 Å². The maximum Gasteiger partial charge on any atom is 0.272 e. The van der Waals surface area contributed by atoms with Crippen LogP contribution in [0.2, 0.25) is 0 Å². The van der Waals surface area contributed by atoms with Crippen molar-refractivity contribution in [3.63, 3.8) is 0 Å². The van der Waals surface area contributed by atoms with E-state index in [0.717, 1.165) is 32.4 Å². The summed E-state index contributed by atoms with van der Waals surface area (Å²) in [6.45, 7) is 6.85. The molecule has 1 aromatic heterocycles. The number of hydrogen-bond donors (Lipinski definition) is 2. The molecular weight excluding hydrogens is 358 g/mol. The normalized spacial score (nSPS) is 24.6. The van der Waals surface area contributed by atoms with Crippen LogP contribution < -0.4 is 5.32 Å². The molecule has 2 fully saturated rings. The van der Waals surface area contributed by atoms with Gasteiger partial charge < -0.3 is 20.2 Å². The van der Waals surface area contributed by atoms with Crippen LogP contribution in [-0.2, 0) is 4.79 Å². The summed E-state index contributed by atoms with van der Waals surface area (Å²) in [6, 6.07) is 1.88. The molecule has 2 saturated heterocycles. The highest BCUT2D eigenvalue weighted by atomic mass is 16.3. The van der Waals surface area contributed by atoms with Crippen LogP contribution >= 0.6 is 0 Å². The summed E-state index contributed by atoms with van der Waals surface area (Å²) in [4.78, 5) is 36.3. The van der Waals surface area contributed by atoms with Gasteiger partial charge in [0.15, 0.2) is 0 Å². The van der Waals surface area contributed by atoms with E-state index in [-0.39, 0.29) is 17.9 Å². The van der Waals surface area contributed by atoms with Crippen molar-refractivity contribution in [1.82, 2.24) is 25.1 Å². The van der Waals surface area contributed by atoms with Gasteiger partial charge in [0, 0.05) is 51.9 Å². The fourth-order valence-electron chi connectivity index (χ4n) is 4.22. The standard InChI is InChI=1S/C20H31N5O3/c1-15-21-9-4-18(22-15)19(27)25-10-3-7-20(28,8-13-25)14-24-11-5-17(6-12-24)23-16(2)26/h4,9,17,28H,3,5-8,10-14H2,1-2H3,(H,23,26). The predicted molar refractivity (Wildman–Crippen MR) is 105 cm³/mol. The summed E-state index contributed by atoms with van der Waals surface area (Å²) in [5.41, 5.74) is -0.365. The maximum absolute atomic E-state index is 12.7. The van der Waals surface area contributed by atoms with Gasteiger partial charge in [-0.05, 0) is 45.1 Å². The van der Waals surface area contributed by atoms with Crippen molar-refractivity contribution in [2.24, 2.45) is 0 Å². The molecule has 2 N–H and O–H groups in total. The fourth-order valence-corrected chi connectivity index (χ4v) is 4.22. The van der Waals surface area contributed by atoms with Crippen molar-refractivity contribution in [3.8, 4) is 0 Å². The molecule has 1 unspecified atom stereocenters. The minimum absolute atomic E-state index is 0.0180. The Bertz CT molecular complexity index is 705. The molecule has 8 nitrogen and oxygen atoms in total. The highest BCUT2D eigenvalue weighted by Crippen LogP contribution is 2.25. The summed E-state index contributed by atoms with van der Waals surface area (Å²) in [6.07, 6.45) is 5.45. The zero-order valence-corrected chi connectivity index (χ0v) is 16.9. The zero-order valence-electron chi connectivity index (χ0n) is 16.9. The molecule has 0 radical (unpaired) electrons. The highest BCUT2D eigenvalue weighted by molar-refractivity contribution is 5.92. The molecule has 2 amide bonds. The molecule has 1 aromatic rings. The summed E-state index contributed by atoms with van der Waals surface area (Å²) in [5, 5.41) is 14.1. The average molecular weight is 390 g/mol. The van der Waals surface area contributed by atoms with Crippen LogP contribution in [0.15, 0.2) is 12.3 Å². The molecule has 3 heterocycles. The number of rotatable bonds is 4. The van der Waals surface area contributed by atoms with Crippen LogP contribution in [0.1, 0.15) is 55.3 Å². The second-order valence-corrected chi connectivity index (χ2v) is 8.11. The lowest BCUT2D eigenvalue weighted by molar-refractivity contribution is -0.120. The first-order valence-corrected chi connectivity index (χ1v) is 10.2. The lowest BCUT2D eigenvalue weighted by Crippen LogP contribution is -2.50. The Labute approximate surface area is 166 Å². The van der Waals surface area contributed by atoms with Crippen molar-refractivity contribution >= 4 is 11.8 Å². The number of likely N-dealkylation sites (tertiary alicyclic amines) is 2. The number of amides is 2. The van der Waals surface area contributed by atoms with Gasteiger partial charge in [0.05, 0.1) is 5.60 Å². The molecule has 0 saturated carbocycles. The Morgan fingerprint density at radius 2 is 2.00 bits per heavy atom. The summed E-state index contributed by atoms with van der Waals surface area (Å²) in [7, 11) is 0. The number of carbonyl (C=O) groups is 2. The Kier molecular flexibility index (Phi) is 6.61. The van der Waals surface area contributed by atoms with E-state index in [1.165, 1.54) is 0 Å². The van der Waals surface area contributed by atoms with Crippen molar-refractivity contribution in [2.75, 3.05) is 32.7 Å². The molecular formula is C20H31N5O3. The predicted octanol–water partition coefficient (Wildman–Crippen LogP) is 0.743. The van der Waals surface area contributed by atoms with Gasteiger partial charge in [-0.3, -0.25) is 9.59 Å². The molecule has 0 aromatic carbocycles. The number of nitrogens with one attached hydrogen (secondary N) is 1. The second-order valence-electron chi connectivity index (χ2n) is 8.11. The molecule has 0 spiro atoms. The number of aryl methyl sites for hydroxylation is 1. The van der Waals surface area contributed by atoms with Crippen LogP contribution in [0.4, 0.5) is 0 Å². The number of nitrogens with zero attached hydrogens (tertiary/aromatic N) is 4. The summed E-state index contributed by atoms with van der Waals surface area (Å²) in [5.74, 6) is 0.509. The van der Waals surface area contributed by atoms with Gasteiger partial charge in [-0.2, -0.15) is 0 Å². The molecule has 1 atom stereocenters. The first-order valence-electron chi connectivity index (χ1n) is 10.2. The monoisotopic (exact) mass is 389 g/mol. The molecule has 0 aliphatic carbocycles. The van der Waals surface area contributed by atoms with Gasteiger partial charge >= 0.3 is 0 Å². The van der Waals surface area contributed by atoms with Crippen LogP contribution in [0, 0.1) is 6.92 Å². The van der Waals surface area contributed by atoms with Gasteiger partial charge in [-0.15, -0.1) is 0 Å². The second kappa shape index (κ2) is 8.96. The Morgan fingerprint density at radius 1 is 1.25 bits per heavy atom. The van der Waals surface area contributed by atoms with E-state index in [4.69, 9.17) is 0 Å². The van der Waals surface area contributed by atoms with Gasteiger partial charge in [0.1, 0.15) is 11.5 Å². The van der Waals surface area contributed by atoms with Crippen molar-refractivity contribution in [2.45, 2.75) is 57.6 Å². The minimum atomic E-state index is -0.780. The molecule has 8 heteroatoms. The van der Waals surface area contributed by atoms with Crippen LogP contribution in [0.3, 0.4) is 0 Å². The van der Waals surface area contributed by atoms with Crippen LogP contribution in [0.5, 0.6) is 0 Å². The van der Waals surface area contributed by atoms with E-state index >= 15 is 0 Å². The Morgan fingerprint density at radius 3 is 2.68 bits per heavy atom. The van der Waals surface area contributed by atoms with E-state index in [2.05, 4.69) is 20.2 Å². The average Bonchev–Trinajstić information content (AvgIpc) is 2.84. The fraction of sp³-hybridized carbons (Fsp3) is 0.700. The lowest BCUT2D eigenvalue weighted by Gasteiger charge is -2.38. The zero-order chi connectivity index (χ0) is 20.1. The van der Waals surface area contributed by atoms with Gasteiger partial charge in [0.25, 0.3) is 5.91 Å². The topological polar surface area (TPSA) is 98.7 Å². The highest BCUT2D eigenvalue weighted by Gasteiger charge is 2.34. The molecule has 154 valence electrons. The largest absolute Gasteiger partial charge is 0.388 e. The van der Waals surface area contributed by atoms with Gasteiger partial charge in [-0.25, -0.2) is 9.97 Å². The number of piperidine rings is 1. The van der Waals surface area contributed by atoms with Crippen molar-refractivity contribution in [1.29, 1.82) is 0 Å². The van der Waals surface area contributed by atoms with E-state index in [1.807, 2.05) is 0 Å². The number of aromatic nitrogens is 2. The smallest absolute Gasteiger partial charge is 0.272 e. The number of β-amino-alcohol motifs (C(OH)–C–C–N with tert-alkyl or cyclic N) is 1. The molecule has 2 aliphatic heterocycles. The first kappa shape index (κ1) is 20.7. The van der Waals surface area contributed by atoms with E-state index in [9.17, 15) is 14.7 Å². The van der Waals surface area contributed by atoms with Crippen molar-refractivity contribution in [3.05, 3.63) is 23.8 Å². The number of carbonyl (C=O) groups excluding carboxylic acids is 2.